The number of phenols is 1. The molecule has 0 saturated heterocycles. The standard InChI is InChI=1S/C21H30O4/c1-5-6-7-8-13-11-15(22)18-16(12-13)25-20(2,3)14-9-10-21(4,24)19(23)17(14)18/h11-12,19,22-24H,5-10H2,1-4H3/t19-,21+/m1/s1. The van der Waals surface area contributed by atoms with Crippen LogP contribution in [0, 0.1) is 0 Å². The van der Waals surface area contributed by atoms with Crippen LogP contribution in [-0.4, -0.2) is 32.6 Å². The number of aromatic hydroxyl groups is 1. The number of hydrogen-bond acceptors (Lipinski definition) is 4. The Kier molecular flexibility index (Phi) is 4.63. The Morgan fingerprint density at radius 3 is 2.60 bits per heavy atom. The summed E-state index contributed by atoms with van der Waals surface area (Å²) < 4.78 is 6.22. The minimum atomic E-state index is -1.20. The smallest absolute Gasteiger partial charge is 0.132 e. The Labute approximate surface area is 150 Å². The Hall–Kier alpha value is -1.52. The first kappa shape index (κ1) is 18.3. The molecule has 25 heavy (non-hydrogen) atoms. The molecule has 0 aromatic heterocycles. The molecule has 2 aliphatic rings. The highest BCUT2D eigenvalue weighted by Gasteiger charge is 2.47. The van der Waals surface area contributed by atoms with Crippen molar-refractivity contribution >= 4 is 5.57 Å². The molecule has 1 aromatic carbocycles. The maximum Gasteiger partial charge on any atom is 0.132 e. The Balaban J connectivity index is 2.09. The van der Waals surface area contributed by atoms with E-state index in [4.69, 9.17) is 4.74 Å². The summed E-state index contributed by atoms with van der Waals surface area (Å²) in [5, 5.41) is 32.0. The molecule has 0 fully saturated rings. The molecule has 0 radical (unpaired) electrons. The number of unbranched alkanes of at least 4 members (excludes halogenated alkanes) is 2. The van der Waals surface area contributed by atoms with Gasteiger partial charge in [-0.15, -0.1) is 0 Å². The molecule has 0 amide bonds. The lowest BCUT2D eigenvalue weighted by molar-refractivity contribution is -0.0476. The Bertz CT molecular complexity index is 700. The lowest BCUT2D eigenvalue weighted by atomic mass is 9.70. The summed E-state index contributed by atoms with van der Waals surface area (Å²) in [6.45, 7) is 7.79. The minimum absolute atomic E-state index is 0.128. The molecule has 1 aliphatic heterocycles. The molecule has 1 aromatic rings. The number of ether oxygens (including phenoxy) is 1. The average Bonchev–Trinajstić information content (AvgIpc) is 2.50. The zero-order chi connectivity index (χ0) is 18.4. The molecule has 3 rings (SSSR count). The molecular weight excluding hydrogens is 316 g/mol. The summed E-state index contributed by atoms with van der Waals surface area (Å²) >= 11 is 0. The number of hydrogen-bond donors (Lipinski definition) is 3. The van der Waals surface area contributed by atoms with Gasteiger partial charge < -0.3 is 20.1 Å². The summed E-state index contributed by atoms with van der Waals surface area (Å²) in [5.41, 5.74) is 1.43. The van der Waals surface area contributed by atoms with Gasteiger partial charge in [-0.1, -0.05) is 19.8 Å². The molecule has 4 heteroatoms. The molecule has 2 atom stereocenters. The van der Waals surface area contributed by atoms with E-state index in [1.807, 2.05) is 19.9 Å². The van der Waals surface area contributed by atoms with Crippen molar-refractivity contribution in [1.29, 1.82) is 0 Å². The summed E-state index contributed by atoms with van der Waals surface area (Å²) in [6, 6.07) is 3.75. The van der Waals surface area contributed by atoms with Crippen LogP contribution in [0.2, 0.25) is 0 Å². The fraction of sp³-hybridized carbons (Fsp3) is 0.619. The van der Waals surface area contributed by atoms with Crippen molar-refractivity contribution in [2.24, 2.45) is 0 Å². The van der Waals surface area contributed by atoms with Crippen molar-refractivity contribution in [1.82, 2.24) is 0 Å². The minimum Gasteiger partial charge on any atom is -0.507 e. The fourth-order valence-electron chi connectivity index (χ4n) is 4.11. The van der Waals surface area contributed by atoms with E-state index in [1.165, 1.54) is 0 Å². The highest BCUT2D eigenvalue weighted by Crippen LogP contribution is 2.52. The number of aliphatic hydroxyl groups excluding tert-OH is 1. The summed E-state index contributed by atoms with van der Waals surface area (Å²) in [4.78, 5) is 0. The van der Waals surface area contributed by atoms with Crippen LogP contribution in [0.15, 0.2) is 17.7 Å². The third-order valence-corrected chi connectivity index (χ3v) is 5.64. The second-order valence-electron chi connectivity index (χ2n) is 8.21. The maximum absolute atomic E-state index is 10.8. The first-order valence-corrected chi connectivity index (χ1v) is 9.36. The van der Waals surface area contributed by atoms with Gasteiger partial charge in [0.2, 0.25) is 0 Å². The predicted octanol–water partition coefficient (Wildman–Crippen LogP) is 3.96. The maximum atomic E-state index is 10.8. The van der Waals surface area contributed by atoms with Crippen LogP contribution in [0.3, 0.4) is 0 Å². The molecule has 0 bridgehead atoms. The predicted molar refractivity (Wildman–Crippen MR) is 98.8 cm³/mol. The van der Waals surface area contributed by atoms with Crippen molar-refractivity contribution in [3.8, 4) is 11.5 Å². The Morgan fingerprint density at radius 2 is 1.92 bits per heavy atom. The fourth-order valence-corrected chi connectivity index (χ4v) is 4.11. The van der Waals surface area contributed by atoms with E-state index in [1.54, 1.807) is 13.0 Å². The van der Waals surface area contributed by atoms with Crippen LogP contribution in [0.25, 0.3) is 5.57 Å². The molecule has 3 N–H and O–H groups in total. The normalized spacial score (nSPS) is 27.5. The lowest BCUT2D eigenvalue weighted by Crippen LogP contribution is -2.48. The monoisotopic (exact) mass is 346 g/mol. The molecule has 1 aliphatic carbocycles. The Morgan fingerprint density at radius 1 is 1.20 bits per heavy atom. The van der Waals surface area contributed by atoms with Crippen LogP contribution in [0.5, 0.6) is 11.5 Å². The molecule has 138 valence electrons. The molecule has 1 heterocycles. The molecule has 0 unspecified atom stereocenters. The highest BCUT2D eigenvalue weighted by molar-refractivity contribution is 5.84. The van der Waals surface area contributed by atoms with Crippen molar-refractivity contribution in [3.63, 3.8) is 0 Å². The van der Waals surface area contributed by atoms with Crippen molar-refractivity contribution < 1.29 is 20.1 Å². The number of fused-ring (bicyclic) bond motifs is 2. The zero-order valence-electron chi connectivity index (χ0n) is 15.7. The first-order valence-electron chi connectivity index (χ1n) is 9.36. The van der Waals surface area contributed by atoms with Crippen LogP contribution in [0.4, 0.5) is 0 Å². The van der Waals surface area contributed by atoms with Gasteiger partial charge in [-0.25, -0.2) is 0 Å². The molecule has 4 nitrogen and oxygen atoms in total. The van der Waals surface area contributed by atoms with Gasteiger partial charge in [-0.3, -0.25) is 0 Å². The van der Waals surface area contributed by atoms with E-state index < -0.39 is 17.3 Å². The van der Waals surface area contributed by atoms with Gasteiger partial charge in [0.25, 0.3) is 0 Å². The van der Waals surface area contributed by atoms with Gasteiger partial charge in [-0.2, -0.15) is 0 Å². The van der Waals surface area contributed by atoms with Crippen LogP contribution >= 0.6 is 0 Å². The SMILES string of the molecule is CCCCCc1cc(O)c2c(c1)OC(C)(C)C1=C2[C@@H](O)[C@@](C)(O)CC1. The number of phenolic OH excluding ortho intramolecular Hbond substituents is 1. The van der Waals surface area contributed by atoms with Crippen LogP contribution in [0.1, 0.15) is 70.9 Å². The third kappa shape index (κ3) is 3.18. The van der Waals surface area contributed by atoms with Crippen LogP contribution in [-0.2, 0) is 6.42 Å². The van der Waals surface area contributed by atoms with Gasteiger partial charge >= 0.3 is 0 Å². The second kappa shape index (κ2) is 6.33. The van der Waals surface area contributed by atoms with Crippen molar-refractivity contribution in [3.05, 3.63) is 28.8 Å². The number of aryl methyl sites for hydroxylation is 1. The summed E-state index contributed by atoms with van der Waals surface area (Å²) in [6.07, 6.45) is 4.36. The van der Waals surface area contributed by atoms with Gasteiger partial charge in [-0.05, 0) is 69.7 Å². The van der Waals surface area contributed by atoms with Gasteiger partial charge in [0.05, 0.1) is 11.2 Å². The first-order chi connectivity index (χ1) is 11.7. The van der Waals surface area contributed by atoms with E-state index in [0.29, 0.717) is 29.7 Å². The van der Waals surface area contributed by atoms with Crippen molar-refractivity contribution in [2.75, 3.05) is 0 Å². The van der Waals surface area contributed by atoms with E-state index in [-0.39, 0.29) is 5.75 Å². The van der Waals surface area contributed by atoms with E-state index in [9.17, 15) is 15.3 Å². The van der Waals surface area contributed by atoms with E-state index in [0.717, 1.165) is 36.8 Å². The van der Waals surface area contributed by atoms with Gasteiger partial charge in [0, 0.05) is 5.57 Å². The largest absolute Gasteiger partial charge is 0.507 e. The quantitative estimate of drug-likeness (QED) is 0.722. The highest BCUT2D eigenvalue weighted by atomic mass is 16.5. The molecular formula is C21H30O4. The number of benzene rings is 1. The molecule has 0 saturated carbocycles. The summed E-state index contributed by atoms with van der Waals surface area (Å²) in [7, 11) is 0. The van der Waals surface area contributed by atoms with E-state index >= 15 is 0 Å². The molecule has 0 spiro atoms. The summed E-state index contributed by atoms with van der Waals surface area (Å²) in [5.74, 6) is 0.732. The van der Waals surface area contributed by atoms with Crippen LogP contribution < -0.4 is 4.74 Å². The number of rotatable bonds is 4. The van der Waals surface area contributed by atoms with E-state index in [2.05, 4.69) is 6.92 Å². The van der Waals surface area contributed by atoms with Gasteiger partial charge in [0.1, 0.15) is 23.2 Å². The third-order valence-electron chi connectivity index (χ3n) is 5.64. The second-order valence-corrected chi connectivity index (χ2v) is 8.21. The zero-order valence-corrected chi connectivity index (χ0v) is 15.7. The lowest BCUT2D eigenvalue weighted by Gasteiger charge is -2.45. The van der Waals surface area contributed by atoms with Crippen molar-refractivity contribution in [2.45, 2.75) is 83.5 Å². The topological polar surface area (TPSA) is 69.9 Å². The van der Waals surface area contributed by atoms with Gasteiger partial charge in [0.15, 0.2) is 0 Å². The average molecular weight is 346 g/mol. The number of aliphatic hydroxyl groups is 2.